The lowest BCUT2D eigenvalue weighted by Gasteiger charge is -2.07. The van der Waals surface area contributed by atoms with Gasteiger partial charge in [-0.1, -0.05) is 13.8 Å². The van der Waals surface area contributed by atoms with Crippen molar-refractivity contribution in [2.45, 2.75) is 50.3 Å². The minimum Gasteiger partial charge on any atom is -0.363 e. The van der Waals surface area contributed by atoms with Gasteiger partial charge in [-0.05, 0) is 12.5 Å². The quantitative estimate of drug-likeness (QED) is 0.641. The highest BCUT2D eigenvalue weighted by Crippen LogP contribution is 2.21. The molecule has 0 aliphatic heterocycles. The van der Waals surface area contributed by atoms with E-state index in [-0.39, 0.29) is 23.9 Å². The maximum absolute atomic E-state index is 12.0. The molecule has 0 atom stereocenters. The molecule has 0 aliphatic rings. The van der Waals surface area contributed by atoms with E-state index in [9.17, 15) is 21.6 Å². The first-order valence-electron chi connectivity index (χ1n) is 6.57. The van der Waals surface area contributed by atoms with Crippen molar-refractivity contribution >= 4 is 10.0 Å². The summed E-state index contributed by atoms with van der Waals surface area (Å²) in [7, 11) is -3.77. The van der Waals surface area contributed by atoms with E-state index < -0.39 is 22.6 Å². The molecule has 0 radical (unpaired) electrons. The average Bonchev–Trinajstić information content (AvgIpc) is 2.80. The molecule has 0 aromatic carbocycles. The number of hydrogen-bond donors (Lipinski definition) is 3. The zero-order valence-electron chi connectivity index (χ0n) is 11.9. The Balaban J connectivity index is 2.51. The summed E-state index contributed by atoms with van der Waals surface area (Å²) in [6.45, 7) is 4.17. The van der Waals surface area contributed by atoms with Crippen LogP contribution in [-0.2, 0) is 16.6 Å². The van der Waals surface area contributed by atoms with Crippen molar-refractivity contribution in [1.29, 1.82) is 0 Å². The van der Waals surface area contributed by atoms with Gasteiger partial charge >= 0.3 is 6.18 Å². The van der Waals surface area contributed by atoms with E-state index in [0.717, 1.165) is 0 Å². The molecule has 0 aliphatic carbocycles. The summed E-state index contributed by atoms with van der Waals surface area (Å²) < 4.78 is 61.8. The van der Waals surface area contributed by atoms with Crippen molar-refractivity contribution in [1.82, 2.24) is 15.0 Å². The molecule has 1 aromatic heterocycles. The van der Waals surface area contributed by atoms with Crippen LogP contribution in [0.2, 0.25) is 0 Å². The average molecular weight is 327 g/mol. The molecular formula is C12H20F3N3O2S. The lowest BCUT2D eigenvalue weighted by molar-refractivity contribution is -0.135. The van der Waals surface area contributed by atoms with Crippen LogP contribution in [0.25, 0.3) is 0 Å². The number of hydrogen-bond acceptors (Lipinski definition) is 3. The van der Waals surface area contributed by atoms with Crippen LogP contribution in [0.4, 0.5) is 13.2 Å². The van der Waals surface area contributed by atoms with E-state index in [0.29, 0.717) is 12.2 Å². The second-order valence-electron chi connectivity index (χ2n) is 5.01. The minimum atomic E-state index is -4.27. The molecule has 0 unspecified atom stereocenters. The molecule has 0 bridgehead atoms. The summed E-state index contributed by atoms with van der Waals surface area (Å²) in [4.78, 5) is 2.84. The first-order valence-corrected chi connectivity index (χ1v) is 8.05. The van der Waals surface area contributed by atoms with Crippen LogP contribution in [-0.4, -0.2) is 32.2 Å². The highest BCUT2D eigenvalue weighted by molar-refractivity contribution is 7.89. The van der Waals surface area contributed by atoms with E-state index in [1.807, 2.05) is 13.8 Å². The van der Waals surface area contributed by atoms with Crippen LogP contribution in [0, 0.1) is 0 Å². The fraction of sp³-hybridized carbons (Fsp3) is 0.667. The lowest BCUT2D eigenvalue weighted by Crippen LogP contribution is -2.25. The lowest BCUT2D eigenvalue weighted by atomic mass is 10.3. The molecule has 1 heterocycles. The van der Waals surface area contributed by atoms with Crippen molar-refractivity contribution in [2.75, 3.05) is 6.54 Å². The Morgan fingerprint density at radius 1 is 1.33 bits per heavy atom. The van der Waals surface area contributed by atoms with Gasteiger partial charge in [0, 0.05) is 37.4 Å². The highest BCUT2D eigenvalue weighted by Gasteiger charge is 2.26. The van der Waals surface area contributed by atoms with E-state index in [1.165, 1.54) is 12.3 Å². The first kappa shape index (κ1) is 18.0. The van der Waals surface area contributed by atoms with Crippen LogP contribution >= 0.6 is 0 Å². The molecule has 0 amide bonds. The molecule has 9 heteroatoms. The highest BCUT2D eigenvalue weighted by atomic mass is 32.2. The molecule has 1 rings (SSSR count). The molecule has 0 saturated heterocycles. The van der Waals surface area contributed by atoms with Gasteiger partial charge in [-0.15, -0.1) is 0 Å². The fourth-order valence-electron chi connectivity index (χ4n) is 1.57. The third-order valence-electron chi connectivity index (χ3n) is 2.66. The Kier molecular flexibility index (Phi) is 6.24. The molecular weight excluding hydrogens is 307 g/mol. The third kappa shape index (κ3) is 6.96. The first-order chi connectivity index (χ1) is 9.60. The van der Waals surface area contributed by atoms with Crippen molar-refractivity contribution in [3.05, 3.63) is 18.0 Å². The summed E-state index contributed by atoms with van der Waals surface area (Å²) in [6, 6.07) is 1.72. The molecule has 1 aromatic rings. The van der Waals surface area contributed by atoms with Gasteiger partial charge < -0.3 is 10.3 Å². The predicted molar refractivity (Wildman–Crippen MR) is 73.2 cm³/mol. The third-order valence-corrected chi connectivity index (χ3v) is 4.10. The zero-order chi connectivity index (χ0) is 16.1. The molecule has 5 nitrogen and oxygen atoms in total. The molecule has 3 N–H and O–H groups in total. The SMILES string of the molecule is CC(C)NCc1cc(S(=O)(=O)NCCCC(F)(F)F)c[nH]1. The number of sulfonamides is 1. The van der Waals surface area contributed by atoms with Crippen LogP contribution in [0.1, 0.15) is 32.4 Å². The minimum absolute atomic E-state index is 0.0232. The van der Waals surface area contributed by atoms with E-state index >= 15 is 0 Å². The molecule has 0 spiro atoms. The smallest absolute Gasteiger partial charge is 0.363 e. The maximum Gasteiger partial charge on any atom is 0.389 e. The second kappa shape index (κ2) is 7.28. The number of rotatable bonds is 8. The van der Waals surface area contributed by atoms with Crippen molar-refractivity contribution < 1.29 is 21.6 Å². The molecule has 0 saturated carbocycles. The second-order valence-corrected chi connectivity index (χ2v) is 6.78. The van der Waals surface area contributed by atoms with Gasteiger partial charge in [0.25, 0.3) is 0 Å². The fourth-order valence-corrected chi connectivity index (χ4v) is 2.66. The summed E-state index contributed by atoms with van der Waals surface area (Å²) in [5.74, 6) is 0. The summed E-state index contributed by atoms with van der Waals surface area (Å²) in [5, 5.41) is 3.12. The number of aromatic amines is 1. The van der Waals surface area contributed by atoms with Gasteiger partial charge in [0.05, 0.1) is 4.90 Å². The Labute approximate surface area is 122 Å². The zero-order valence-corrected chi connectivity index (χ0v) is 12.7. The Hall–Kier alpha value is -1.06. The number of halogens is 3. The summed E-state index contributed by atoms with van der Waals surface area (Å²) in [5.41, 5.74) is 0.694. The standard InChI is InChI=1S/C12H20F3N3O2S/c1-9(2)16-7-10-6-11(8-17-10)21(19,20)18-5-3-4-12(13,14)15/h6,8-9,16-18H,3-5,7H2,1-2H3. The Morgan fingerprint density at radius 2 is 2.00 bits per heavy atom. The number of alkyl halides is 3. The summed E-state index contributed by atoms with van der Waals surface area (Å²) >= 11 is 0. The maximum atomic E-state index is 12.0. The van der Waals surface area contributed by atoms with Gasteiger partial charge in [0.1, 0.15) is 0 Å². The van der Waals surface area contributed by atoms with Crippen LogP contribution in [0.5, 0.6) is 0 Å². The normalized spacial score (nSPS) is 13.0. The van der Waals surface area contributed by atoms with E-state index in [4.69, 9.17) is 0 Å². The molecule has 21 heavy (non-hydrogen) atoms. The monoisotopic (exact) mass is 327 g/mol. The van der Waals surface area contributed by atoms with Gasteiger partial charge in [0.2, 0.25) is 10.0 Å². The Bertz CT molecular complexity index is 538. The van der Waals surface area contributed by atoms with Crippen LogP contribution in [0.15, 0.2) is 17.2 Å². The van der Waals surface area contributed by atoms with Crippen LogP contribution in [0.3, 0.4) is 0 Å². The number of aromatic nitrogens is 1. The van der Waals surface area contributed by atoms with Gasteiger partial charge in [0.15, 0.2) is 0 Å². The van der Waals surface area contributed by atoms with Crippen molar-refractivity contribution in [2.24, 2.45) is 0 Å². The predicted octanol–water partition coefficient (Wildman–Crippen LogP) is 2.13. The van der Waals surface area contributed by atoms with Crippen LogP contribution < -0.4 is 10.0 Å². The number of H-pyrrole nitrogens is 1. The summed E-state index contributed by atoms with van der Waals surface area (Å²) in [6.07, 6.45) is -4.24. The van der Waals surface area contributed by atoms with Gasteiger partial charge in [-0.3, -0.25) is 0 Å². The van der Waals surface area contributed by atoms with Crippen molar-refractivity contribution in [3.8, 4) is 0 Å². The van der Waals surface area contributed by atoms with Gasteiger partial charge in [-0.2, -0.15) is 13.2 Å². The number of nitrogens with one attached hydrogen (secondary N) is 3. The Morgan fingerprint density at radius 3 is 2.57 bits per heavy atom. The van der Waals surface area contributed by atoms with Gasteiger partial charge in [-0.25, -0.2) is 13.1 Å². The van der Waals surface area contributed by atoms with Crippen molar-refractivity contribution in [3.63, 3.8) is 0 Å². The van der Waals surface area contributed by atoms with E-state index in [2.05, 4.69) is 15.0 Å². The molecule has 0 fully saturated rings. The topological polar surface area (TPSA) is 74.0 Å². The van der Waals surface area contributed by atoms with E-state index in [1.54, 1.807) is 0 Å². The largest absolute Gasteiger partial charge is 0.389 e. The molecule has 122 valence electrons.